The average molecular weight is 431 g/mol. The van der Waals surface area contributed by atoms with E-state index in [9.17, 15) is 17.9 Å². The van der Waals surface area contributed by atoms with Crippen LogP contribution in [0.4, 0.5) is 15.8 Å². The Balaban J connectivity index is 1.72. The lowest BCUT2D eigenvalue weighted by atomic mass is 10.2. The number of sulfonamides is 1. The molecule has 0 bridgehead atoms. The zero-order valence-corrected chi connectivity index (χ0v) is 16.5. The monoisotopic (exact) mass is 430 g/mol. The Bertz CT molecular complexity index is 1120. The Morgan fingerprint density at radius 2 is 1.79 bits per heavy atom. The Morgan fingerprint density at radius 3 is 2.55 bits per heavy atom. The Hall–Kier alpha value is -3.00. The van der Waals surface area contributed by atoms with Crippen LogP contribution >= 0.6 is 11.6 Å². The number of hydrogen-bond donors (Lipinski definition) is 2. The van der Waals surface area contributed by atoms with Crippen LogP contribution in [0.15, 0.2) is 83.8 Å². The summed E-state index contributed by atoms with van der Waals surface area (Å²) in [5.41, 5.74) is 0.867. The van der Waals surface area contributed by atoms with Crippen molar-refractivity contribution < 1.29 is 17.9 Å². The smallest absolute Gasteiger partial charge is 0.248 e. The number of carbonyl (C=O) groups excluding carboxylic acids is 1. The van der Waals surface area contributed by atoms with E-state index in [4.69, 9.17) is 11.6 Å². The minimum absolute atomic E-state index is 0.114. The zero-order valence-electron chi connectivity index (χ0n) is 15.0. The largest absolute Gasteiger partial charge is 0.588 e. The minimum atomic E-state index is -4.03. The van der Waals surface area contributed by atoms with Gasteiger partial charge in [0.05, 0.1) is 0 Å². The van der Waals surface area contributed by atoms with Gasteiger partial charge in [0.2, 0.25) is 5.91 Å². The van der Waals surface area contributed by atoms with Gasteiger partial charge in [0, 0.05) is 22.9 Å². The molecule has 0 aliphatic rings. The second kappa shape index (κ2) is 9.00. The molecule has 3 rings (SSSR count). The van der Waals surface area contributed by atoms with Crippen LogP contribution in [0.5, 0.6) is 0 Å². The van der Waals surface area contributed by atoms with E-state index in [-0.39, 0.29) is 16.3 Å². The maximum absolute atomic E-state index is 13.7. The molecule has 0 aliphatic carbocycles. The summed E-state index contributed by atoms with van der Waals surface area (Å²) >= 11 is 5.90. The van der Waals surface area contributed by atoms with Crippen LogP contribution in [0.25, 0.3) is 6.08 Å². The molecule has 0 saturated heterocycles. The molecule has 5 nitrogen and oxygen atoms in total. The van der Waals surface area contributed by atoms with Crippen LogP contribution in [0, 0.1) is 5.82 Å². The van der Waals surface area contributed by atoms with Crippen LogP contribution in [0.2, 0.25) is 5.02 Å². The zero-order chi connectivity index (χ0) is 20.9. The van der Waals surface area contributed by atoms with Gasteiger partial charge in [-0.2, -0.15) is 4.72 Å². The fourth-order valence-electron chi connectivity index (χ4n) is 2.45. The lowest BCUT2D eigenvalue weighted by molar-refractivity contribution is -0.111. The van der Waals surface area contributed by atoms with Crippen molar-refractivity contribution in [2.45, 2.75) is 4.90 Å². The van der Waals surface area contributed by atoms with Gasteiger partial charge in [-0.05, 0) is 48.0 Å². The molecule has 3 aromatic rings. The highest BCUT2D eigenvalue weighted by Gasteiger charge is 2.22. The standard InChI is InChI=1S/C21H16ClFN2O3S/c22-16-6-3-5-15(13-16)11-12-21(26)24-17-7-4-8-18(14-17)29(27,28)25-20-10-2-1-9-19(20)23/h1-14H,(H2-,24,25,26,27,28)/b12-11+. The van der Waals surface area contributed by atoms with E-state index in [0.29, 0.717) is 5.02 Å². The molecule has 3 aromatic carbocycles. The Kier molecular flexibility index (Phi) is 6.43. The summed E-state index contributed by atoms with van der Waals surface area (Å²) in [6.45, 7) is 0. The first-order chi connectivity index (χ1) is 13.8. The summed E-state index contributed by atoms with van der Waals surface area (Å²) in [4.78, 5) is 12.0. The van der Waals surface area contributed by atoms with Crippen LogP contribution < -0.4 is 10.0 Å². The molecule has 0 spiro atoms. The van der Waals surface area contributed by atoms with E-state index in [2.05, 4.69) is 10.0 Å². The summed E-state index contributed by atoms with van der Waals surface area (Å²) in [6.07, 6.45) is 2.89. The van der Waals surface area contributed by atoms with Gasteiger partial charge in [-0.3, -0.25) is 4.79 Å². The molecule has 1 unspecified atom stereocenters. The van der Waals surface area contributed by atoms with Crippen molar-refractivity contribution in [3.05, 3.63) is 95.3 Å². The lowest BCUT2D eigenvalue weighted by Crippen LogP contribution is -2.22. The number of carbonyl (C=O) groups is 1. The van der Waals surface area contributed by atoms with Crippen LogP contribution in [-0.4, -0.2) is 10.5 Å². The summed E-state index contributed by atoms with van der Waals surface area (Å²) in [6, 6.07) is 18.1. The van der Waals surface area contributed by atoms with Gasteiger partial charge >= 0.3 is 0 Å². The van der Waals surface area contributed by atoms with Crippen molar-refractivity contribution in [3.8, 4) is 0 Å². The third-order valence-corrected chi connectivity index (χ3v) is 5.40. The third-order valence-electron chi connectivity index (χ3n) is 3.81. The van der Waals surface area contributed by atoms with Crippen molar-refractivity contribution in [2.24, 2.45) is 0 Å². The summed E-state index contributed by atoms with van der Waals surface area (Å²) in [7, 11) is -4.03. The number of benzene rings is 3. The number of rotatable bonds is 6. The van der Waals surface area contributed by atoms with Gasteiger partial charge in [0.1, 0.15) is 5.69 Å². The topological polar surface area (TPSA) is 81.3 Å². The van der Waals surface area contributed by atoms with Crippen LogP contribution in [0.3, 0.4) is 0 Å². The quantitative estimate of drug-likeness (QED) is 0.419. The van der Waals surface area contributed by atoms with Crippen molar-refractivity contribution in [3.63, 3.8) is 0 Å². The molecule has 8 heteroatoms. The molecule has 2 N–H and O–H groups in total. The highest BCUT2D eigenvalue weighted by Crippen LogP contribution is 2.24. The molecule has 1 amide bonds. The van der Waals surface area contributed by atoms with E-state index < -0.39 is 22.1 Å². The predicted octanol–water partition coefficient (Wildman–Crippen LogP) is 5.15. The summed E-state index contributed by atoms with van der Waals surface area (Å²) < 4.78 is 41.0. The molecule has 148 valence electrons. The normalized spacial score (nSPS) is 13.1. The van der Waals surface area contributed by atoms with Gasteiger partial charge < -0.3 is 9.87 Å². The molecule has 0 aliphatic heterocycles. The van der Waals surface area contributed by atoms with Gasteiger partial charge in [0.15, 0.2) is 21.1 Å². The molecule has 0 aromatic heterocycles. The number of hydrogen-bond acceptors (Lipinski definition) is 3. The lowest BCUT2D eigenvalue weighted by Gasteiger charge is -2.17. The Labute approximate surface area is 173 Å². The maximum atomic E-state index is 13.7. The fourth-order valence-corrected chi connectivity index (χ4v) is 3.77. The second-order valence-corrected chi connectivity index (χ2v) is 8.11. The van der Waals surface area contributed by atoms with Gasteiger partial charge in [-0.25, -0.2) is 4.39 Å². The highest BCUT2D eigenvalue weighted by molar-refractivity contribution is 7.99. The van der Waals surface area contributed by atoms with Crippen molar-refractivity contribution >= 4 is 45.4 Å². The van der Waals surface area contributed by atoms with E-state index in [1.54, 1.807) is 36.4 Å². The van der Waals surface area contributed by atoms with Crippen LogP contribution in [0.1, 0.15) is 5.56 Å². The first-order valence-electron chi connectivity index (χ1n) is 8.45. The minimum Gasteiger partial charge on any atom is -0.588 e. The van der Waals surface area contributed by atoms with Gasteiger partial charge in [-0.1, -0.05) is 46.1 Å². The first-order valence-corrected chi connectivity index (χ1v) is 10.3. The molecular weight excluding hydrogens is 415 g/mol. The summed E-state index contributed by atoms with van der Waals surface area (Å²) in [5.74, 6) is -1.13. The fraction of sp³-hybridized carbons (Fsp3) is 0. The van der Waals surface area contributed by atoms with Crippen LogP contribution in [-0.2, 0) is 19.4 Å². The second-order valence-electron chi connectivity index (χ2n) is 5.99. The number of halogens is 2. The number of para-hydroxylation sites is 1. The molecule has 0 fully saturated rings. The molecule has 0 heterocycles. The van der Waals surface area contributed by atoms with Gasteiger partial charge in [-0.15, -0.1) is 0 Å². The number of anilines is 2. The molecular formula is C21H16ClFN2O3S. The molecule has 29 heavy (non-hydrogen) atoms. The average Bonchev–Trinajstić information content (AvgIpc) is 2.68. The Morgan fingerprint density at radius 1 is 1.03 bits per heavy atom. The number of nitrogens with one attached hydrogen (secondary N) is 2. The number of amides is 1. The first kappa shape index (κ1) is 20.7. The van der Waals surface area contributed by atoms with Crippen molar-refractivity contribution in [2.75, 3.05) is 10.0 Å². The molecule has 0 saturated carbocycles. The van der Waals surface area contributed by atoms with Crippen molar-refractivity contribution in [1.29, 1.82) is 0 Å². The molecule has 1 atom stereocenters. The molecule has 0 radical (unpaired) electrons. The van der Waals surface area contributed by atoms with E-state index >= 15 is 0 Å². The highest BCUT2D eigenvalue weighted by atomic mass is 35.5. The SMILES string of the molecule is O=C(/C=C/c1cccc(Cl)c1)Nc1cccc([S+](=O)([O-])Nc2ccccc2F)c1. The van der Waals surface area contributed by atoms with Gasteiger partial charge in [0.25, 0.3) is 0 Å². The van der Waals surface area contributed by atoms with E-state index in [1.165, 1.54) is 42.5 Å². The predicted molar refractivity (Wildman–Crippen MR) is 113 cm³/mol. The van der Waals surface area contributed by atoms with E-state index in [1.807, 2.05) is 0 Å². The third kappa shape index (κ3) is 5.74. The van der Waals surface area contributed by atoms with Crippen molar-refractivity contribution in [1.82, 2.24) is 0 Å². The maximum Gasteiger partial charge on any atom is 0.248 e. The van der Waals surface area contributed by atoms with E-state index in [0.717, 1.165) is 11.6 Å². The summed E-state index contributed by atoms with van der Waals surface area (Å²) in [5, 5.41) is 3.14.